The first-order valence-electron chi connectivity index (χ1n) is 10.8. The van der Waals surface area contributed by atoms with Crippen LogP contribution in [-0.4, -0.2) is 43.4 Å². The van der Waals surface area contributed by atoms with Crippen LogP contribution in [0.2, 0.25) is 5.02 Å². The zero-order valence-electron chi connectivity index (χ0n) is 18.1. The van der Waals surface area contributed by atoms with E-state index in [1.165, 1.54) is 0 Å². The first-order chi connectivity index (χ1) is 16.0. The number of nitrogens with zero attached hydrogens (tertiary/aromatic N) is 5. The van der Waals surface area contributed by atoms with Crippen LogP contribution in [-0.2, 0) is 4.79 Å². The lowest BCUT2D eigenvalue weighted by molar-refractivity contribution is -0.130. The summed E-state index contributed by atoms with van der Waals surface area (Å²) in [5.41, 5.74) is 3.36. The van der Waals surface area contributed by atoms with E-state index in [0.29, 0.717) is 40.4 Å². The van der Waals surface area contributed by atoms with Gasteiger partial charge in [-0.05, 0) is 43.2 Å². The van der Waals surface area contributed by atoms with E-state index in [1.54, 1.807) is 48.4 Å². The molecule has 0 spiro atoms. The summed E-state index contributed by atoms with van der Waals surface area (Å²) < 4.78 is 1.71. The Kier molecular flexibility index (Phi) is 5.64. The van der Waals surface area contributed by atoms with Crippen LogP contribution >= 0.6 is 11.6 Å². The maximum atomic E-state index is 13.6. The van der Waals surface area contributed by atoms with Crippen LogP contribution in [0.5, 0.6) is 0 Å². The average Bonchev–Trinajstić information content (AvgIpc) is 2.85. The molecule has 1 amide bonds. The molecule has 33 heavy (non-hydrogen) atoms. The molecule has 1 aliphatic rings. The van der Waals surface area contributed by atoms with E-state index in [-0.39, 0.29) is 17.5 Å². The van der Waals surface area contributed by atoms with Gasteiger partial charge < -0.3 is 4.90 Å². The van der Waals surface area contributed by atoms with Gasteiger partial charge in [-0.2, -0.15) is 0 Å². The summed E-state index contributed by atoms with van der Waals surface area (Å²) in [4.78, 5) is 40.9. The summed E-state index contributed by atoms with van der Waals surface area (Å²) in [6.07, 6.45) is 6.47. The van der Waals surface area contributed by atoms with E-state index >= 15 is 0 Å². The molecule has 0 unspecified atom stereocenters. The Labute approximate surface area is 195 Å². The zero-order valence-corrected chi connectivity index (χ0v) is 18.9. The molecule has 166 valence electrons. The van der Waals surface area contributed by atoms with Crippen LogP contribution in [0.15, 0.2) is 66.0 Å². The van der Waals surface area contributed by atoms with Crippen LogP contribution in [0.1, 0.15) is 25.8 Å². The van der Waals surface area contributed by atoms with Gasteiger partial charge in [-0.3, -0.25) is 19.1 Å². The van der Waals surface area contributed by atoms with Crippen LogP contribution in [0.3, 0.4) is 0 Å². The van der Waals surface area contributed by atoms with Crippen molar-refractivity contribution >= 4 is 28.4 Å². The van der Waals surface area contributed by atoms with E-state index in [9.17, 15) is 9.59 Å². The minimum atomic E-state index is -0.107. The molecule has 4 aromatic rings. The molecule has 0 saturated carbocycles. The van der Waals surface area contributed by atoms with Crippen molar-refractivity contribution in [1.82, 2.24) is 24.4 Å². The van der Waals surface area contributed by atoms with E-state index < -0.39 is 0 Å². The van der Waals surface area contributed by atoms with Crippen molar-refractivity contribution in [3.05, 3.63) is 76.6 Å². The van der Waals surface area contributed by atoms with Gasteiger partial charge in [-0.1, -0.05) is 23.7 Å². The molecule has 1 aromatic carbocycles. The Morgan fingerprint density at radius 2 is 1.85 bits per heavy atom. The number of fused-ring (bicyclic) bond motifs is 1. The number of benzene rings is 1. The van der Waals surface area contributed by atoms with Gasteiger partial charge in [0.25, 0.3) is 5.56 Å². The average molecular weight is 460 g/mol. The third-order valence-electron chi connectivity index (χ3n) is 6.15. The molecular formula is C25H22ClN5O2. The molecule has 0 radical (unpaired) electrons. The molecular weight excluding hydrogens is 438 g/mol. The number of hydrogen-bond acceptors (Lipinski definition) is 5. The molecule has 0 aliphatic carbocycles. The second kappa shape index (κ2) is 8.75. The third kappa shape index (κ3) is 4.12. The second-order valence-corrected chi connectivity index (χ2v) is 8.63. The van der Waals surface area contributed by atoms with Crippen molar-refractivity contribution in [2.75, 3.05) is 13.1 Å². The number of carbonyl (C=O) groups excluding carboxylic acids is 1. The fourth-order valence-electron chi connectivity index (χ4n) is 4.34. The van der Waals surface area contributed by atoms with Gasteiger partial charge in [0.05, 0.1) is 23.1 Å². The SMILES string of the molecule is CC(=O)N1CCC(n2cnc3c(-c4cccnc4)nc(-c4ccc(Cl)cc4)cc3c2=O)CC1. The Bertz CT molecular complexity index is 1380. The topological polar surface area (TPSA) is 81.0 Å². The monoisotopic (exact) mass is 459 g/mol. The molecule has 0 N–H and O–H groups in total. The molecule has 5 rings (SSSR count). The van der Waals surface area contributed by atoms with Crippen molar-refractivity contribution in [1.29, 1.82) is 0 Å². The van der Waals surface area contributed by atoms with Gasteiger partial charge in [0.15, 0.2) is 0 Å². The molecule has 8 heteroatoms. The van der Waals surface area contributed by atoms with Crippen LogP contribution in [0.4, 0.5) is 0 Å². The van der Waals surface area contributed by atoms with Gasteiger partial charge in [0.1, 0.15) is 5.52 Å². The standard InChI is InChI=1S/C25H22ClN5O2/c1-16(32)30-11-8-20(9-12-30)31-15-28-24-21(25(31)33)13-22(17-4-6-19(26)7-5-17)29-23(24)18-3-2-10-27-14-18/h2-7,10,13-15,20H,8-9,11-12H2,1H3. The zero-order chi connectivity index (χ0) is 22.9. The van der Waals surface area contributed by atoms with Gasteiger partial charge in [0.2, 0.25) is 5.91 Å². The maximum absolute atomic E-state index is 13.6. The summed E-state index contributed by atoms with van der Waals surface area (Å²) in [6.45, 7) is 2.85. The lowest BCUT2D eigenvalue weighted by Gasteiger charge is -2.32. The summed E-state index contributed by atoms with van der Waals surface area (Å²) in [7, 11) is 0. The predicted octanol–water partition coefficient (Wildman–Crippen LogP) is 4.36. The minimum Gasteiger partial charge on any atom is -0.343 e. The number of pyridine rings is 2. The number of aromatic nitrogens is 4. The van der Waals surface area contributed by atoms with Crippen LogP contribution in [0, 0.1) is 0 Å². The lowest BCUT2D eigenvalue weighted by atomic mass is 10.0. The summed E-state index contributed by atoms with van der Waals surface area (Å²) in [6, 6.07) is 12.9. The number of hydrogen-bond donors (Lipinski definition) is 0. The molecule has 0 bridgehead atoms. The molecule has 1 fully saturated rings. The first-order valence-corrected chi connectivity index (χ1v) is 11.2. The van der Waals surface area contributed by atoms with Gasteiger partial charge in [0, 0.05) is 54.6 Å². The highest BCUT2D eigenvalue weighted by Crippen LogP contribution is 2.30. The van der Waals surface area contributed by atoms with Crippen LogP contribution < -0.4 is 5.56 Å². The summed E-state index contributed by atoms with van der Waals surface area (Å²) in [5, 5.41) is 1.14. The summed E-state index contributed by atoms with van der Waals surface area (Å²) >= 11 is 6.07. The van der Waals surface area contributed by atoms with E-state index in [2.05, 4.69) is 9.97 Å². The highest BCUT2D eigenvalue weighted by Gasteiger charge is 2.24. The van der Waals surface area contributed by atoms with Crippen molar-refractivity contribution in [3.8, 4) is 22.5 Å². The smallest absolute Gasteiger partial charge is 0.261 e. The predicted molar refractivity (Wildman–Crippen MR) is 128 cm³/mol. The third-order valence-corrected chi connectivity index (χ3v) is 6.40. The molecule has 7 nitrogen and oxygen atoms in total. The number of halogens is 1. The van der Waals surface area contributed by atoms with Crippen molar-refractivity contribution in [2.45, 2.75) is 25.8 Å². The Morgan fingerprint density at radius 1 is 1.09 bits per heavy atom. The van der Waals surface area contributed by atoms with Gasteiger partial charge in [-0.15, -0.1) is 0 Å². The molecule has 4 heterocycles. The lowest BCUT2D eigenvalue weighted by Crippen LogP contribution is -2.39. The van der Waals surface area contributed by atoms with E-state index in [1.807, 2.05) is 29.2 Å². The quantitative estimate of drug-likeness (QED) is 0.454. The van der Waals surface area contributed by atoms with Gasteiger partial charge >= 0.3 is 0 Å². The molecule has 1 aliphatic heterocycles. The highest BCUT2D eigenvalue weighted by atomic mass is 35.5. The van der Waals surface area contributed by atoms with Gasteiger partial charge in [-0.25, -0.2) is 9.97 Å². The largest absolute Gasteiger partial charge is 0.343 e. The fraction of sp³-hybridized carbons (Fsp3) is 0.240. The Morgan fingerprint density at radius 3 is 2.52 bits per heavy atom. The Balaban J connectivity index is 1.66. The number of amides is 1. The number of likely N-dealkylation sites (tertiary alicyclic amines) is 1. The first kappa shape index (κ1) is 21.3. The molecule has 3 aromatic heterocycles. The fourth-order valence-corrected chi connectivity index (χ4v) is 4.46. The normalized spacial score (nSPS) is 14.5. The number of carbonyl (C=O) groups is 1. The van der Waals surface area contributed by atoms with Crippen molar-refractivity contribution in [2.24, 2.45) is 0 Å². The van der Waals surface area contributed by atoms with Crippen molar-refractivity contribution in [3.63, 3.8) is 0 Å². The Hall–Kier alpha value is -3.58. The second-order valence-electron chi connectivity index (χ2n) is 8.20. The van der Waals surface area contributed by atoms with E-state index in [0.717, 1.165) is 24.0 Å². The molecule has 0 atom stereocenters. The number of piperidine rings is 1. The summed E-state index contributed by atoms with van der Waals surface area (Å²) in [5.74, 6) is 0.0669. The highest BCUT2D eigenvalue weighted by molar-refractivity contribution is 6.30. The molecule has 1 saturated heterocycles. The minimum absolute atomic E-state index is 0.000936. The van der Waals surface area contributed by atoms with Crippen molar-refractivity contribution < 1.29 is 4.79 Å². The maximum Gasteiger partial charge on any atom is 0.261 e. The number of rotatable bonds is 3. The van der Waals surface area contributed by atoms with Crippen LogP contribution in [0.25, 0.3) is 33.4 Å². The van der Waals surface area contributed by atoms with E-state index in [4.69, 9.17) is 16.6 Å².